The zero-order valence-corrected chi connectivity index (χ0v) is 12.3. The highest BCUT2D eigenvalue weighted by Gasteiger charge is 2.21. The van der Waals surface area contributed by atoms with Crippen molar-refractivity contribution in [2.24, 2.45) is 5.73 Å². The molecule has 0 aromatic heterocycles. The van der Waals surface area contributed by atoms with E-state index in [9.17, 15) is 9.59 Å². The Morgan fingerprint density at radius 2 is 1.64 bits per heavy atom. The van der Waals surface area contributed by atoms with E-state index >= 15 is 0 Å². The first kappa shape index (κ1) is 15.6. The molecule has 22 heavy (non-hydrogen) atoms. The molecule has 0 saturated carbocycles. The van der Waals surface area contributed by atoms with Gasteiger partial charge in [0.15, 0.2) is 0 Å². The number of hydrogen-bond acceptors (Lipinski definition) is 4. The van der Waals surface area contributed by atoms with E-state index in [4.69, 9.17) is 5.73 Å². The molecule has 2 rings (SSSR count). The molecule has 2 aromatic carbocycles. The minimum absolute atomic E-state index is 0.0582. The van der Waals surface area contributed by atoms with Crippen LogP contribution in [0.2, 0.25) is 0 Å². The Balaban J connectivity index is 2.12. The number of amides is 1. The second-order valence-electron chi connectivity index (χ2n) is 4.85. The van der Waals surface area contributed by atoms with Crippen LogP contribution in [0.3, 0.4) is 0 Å². The molecule has 1 unspecified atom stereocenters. The molecule has 0 aliphatic carbocycles. The first-order valence-electron chi connectivity index (χ1n) is 6.88. The normalized spacial score (nSPS) is 11.5. The highest BCUT2D eigenvalue weighted by atomic mass is 16.5. The van der Waals surface area contributed by atoms with E-state index in [1.807, 2.05) is 42.5 Å². The van der Waals surface area contributed by atoms with E-state index in [0.29, 0.717) is 5.56 Å². The largest absolute Gasteiger partial charge is 0.469 e. The number of nitrogens with one attached hydrogen (secondary N) is 1. The number of carbonyl (C=O) groups is 2. The molecule has 0 aliphatic heterocycles. The van der Waals surface area contributed by atoms with Crippen molar-refractivity contribution in [3.05, 3.63) is 60.2 Å². The first-order chi connectivity index (χ1) is 10.6. The molecule has 1 amide bonds. The summed E-state index contributed by atoms with van der Waals surface area (Å²) in [7, 11) is 1.28. The van der Waals surface area contributed by atoms with Crippen LogP contribution in [-0.4, -0.2) is 19.0 Å². The maximum atomic E-state index is 11.5. The summed E-state index contributed by atoms with van der Waals surface area (Å²) in [5.74, 6) is -1.69. The Hall–Kier alpha value is -2.82. The molecule has 3 N–H and O–H groups in total. The van der Waals surface area contributed by atoms with E-state index < -0.39 is 17.8 Å². The molecule has 2 aromatic rings. The van der Waals surface area contributed by atoms with Gasteiger partial charge in [-0.05, 0) is 29.8 Å². The molecular weight excluding hydrogens is 280 g/mol. The van der Waals surface area contributed by atoms with Gasteiger partial charge in [-0.3, -0.25) is 9.59 Å². The molecule has 0 saturated heterocycles. The standard InChI is InChI=1S/C17H18N2O3/c1-22-16(20)11-15(17(18)21)12-7-9-14(10-8-12)19-13-5-3-2-4-6-13/h2-10,15,19H,11H2,1H3,(H2,18,21). The molecular formula is C17H18N2O3. The number of para-hydroxylation sites is 1. The highest BCUT2D eigenvalue weighted by molar-refractivity contribution is 5.87. The molecule has 114 valence electrons. The summed E-state index contributed by atoms with van der Waals surface area (Å²) in [6.45, 7) is 0. The third-order valence-electron chi connectivity index (χ3n) is 3.32. The smallest absolute Gasteiger partial charge is 0.306 e. The van der Waals surface area contributed by atoms with E-state index in [1.165, 1.54) is 7.11 Å². The van der Waals surface area contributed by atoms with Gasteiger partial charge >= 0.3 is 5.97 Å². The summed E-state index contributed by atoms with van der Waals surface area (Å²) in [6, 6.07) is 17.0. The van der Waals surface area contributed by atoms with Crippen LogP contribution in [0, 0.1) is 0 Å². The number of methoxy groups -OCH3 is 1. The van der Waals surface area contributed by atoms with Gasteiger partial charge in [-0.2, -0.15) is 0 Å². The van der Waals surface area contributed by atoms with Crippen molar-refractivity contribution in [1.82, 2.24) is 0 Å². The minimum Gasteiger partial charge on any atom is -0.469 e. The van der Waals surface area contributed by atoms with Gasteiger partial charge in [0.25, 0.3) is 0 Å². The quantitative estimate of drug-likeness (QED) is 0.803. The van der Waals surface area contributed by atoms with Crippen LogP contribution < -0.4 is 11.1 Å². The maximum absolute atomic E-state index is 11.5. The lowest BCUT2D eigenvalue weighted by Gasteiger charge is -2.13. The Morgan fingerprint density at radius 3 is 2.18 bits per heavy atom. The summed E-state index contributed by atoms with van der Waals surface area (Å²) in [5, 5.41) is 3.24. The summed E-state index contributed by atoms with van der Waals surface area (Å²) in [6.07, 6.45) is -0.0582. The summed E-state index contributed by atoms with van der Waals surface area (Å²) in [4.78, 5) is 22.9. The van der Waals surface area contributed by atoms with Gasteiger partial charge < -0.3 is 15.8 Å². The molecule has 0 radical (unpaired) electrons. The second-order valence-corrected chi connectivity index (χ2v) is 4.85. The number of hydrogen-bond donors (Lipinski definition) is 2. The monoisotopic (exact) mass is 298 g/mol. The molecule has 0 bridgehead atoms. The van der Waals surface area contributed by atoms with Gasteiger partial charge in [0.2, 0.25) is 5.91 Å². The van der Waals surface area contributed by atoms with Crippen molar-refractivity contribution >= 4 is 23.3 Å². The van der Waals surface area contributed by atoms with Crippen molar-refractivity contribution in [2.75, 3.05) is 12.4 Å². The minimum atomic E-state index is -0.682. The molecule has 0 aliphatic rings. The van der Waals surface area contributed by atoms with Gasteiger partial charge in [-0.1, -0.05) is 30.3 Å². The Kier molecular flexibility index (Phi) is 5.14. The zero-order valence-electron chi connectivity index (χ0n) is 12.3. The number of anilines is 2. The predicted octanol–water partition coefficient (Wildman–Crippen LogP) is 2.56. The molecule has 5 heteroatoms. The van der Waals surface area contributed by atoms with Crippen LogP contribution in [0.25, 0.3) is 0 Å². The number of esters is 1. The fourth-order valence-corrected chi connectivity index (χ4v) is 2.12. The Labute approximate surface area is 129 Å². The lowest BCUT2D eigenvalue weighted by atomic mass is 9.95. The predicted molar refractivity (Wildman–Crippen MR) is 84.7 cm³/mol. The number of nitrogens with two attached hydrogens (primary N) is 1. The molecule has 5 nitrogen and oxygen atoms in total. The van der Waals surface area contributed by atoms with Gasteiger partial charge in [0.05, 0.1) is 19.4 Å². The van der Waals surface area contributed by atoms with Crippen molar-refractivity contribution in [3.63, 3.8) is 0 Å². The number of benzene rings is 2. The Bertz CT molecular complexity index is 639. The molecule has 0 fully saturated rings. The van der Waals surface area contributed by atoms with Crippen LogP contribution in [-0.2, 0) is 14.3 Å². The fourth-order valence-electron chi connectivity index (χ4n) is 2.12. The van der Waals surface area contributed by atoms with Crippen LogP contribution in [0.4, 0.5) is 11.4 Å². The lowest BCUT2D eigenvalue weighted by molar-refractivity contribution is -0.142. The maximum Gasteiger partial charge on any atom is 0.306 e. The van der Waals surface area contributed by atoms with Crippen LogP contribution in [0.1, 0.15) is 17.9 Å². The molecule has 0 spiro atoms. The SMILES string of the molecule is COC(=O)CC(C(N)=O)c1ccc(Nc2ccccc2)cc1. The van der Waals surface area contributed by atoms with E-state index in [-0.39, 0.29) is 6.42 Å². The number of rotatable bonds is 6. The lowest BCUT2D eigenvalue weighted by Crippen LogP contribution is -2.24. The first-order valence-corrected chi connectivity index (χ1v) is 6.88. The number of ether oxygens (including phenoxy) is 1. The number of carbonyl (C=O) groups excluding carboxylic acids is 2. The number of primary amides is 1. The molecule has 1 atom stereocenters. The van der Waals surface area contributed by atoms with Gasteiger partial charge in [0.1, 0.15) is 0 Å². The topological polar surface area (TPSA) is 81.4 Å². The fraction of sp³-hybridized carbons (Fsp3) is 0.176. The third-order valence-corrected chi connectivity index (χ3v) is 3.32. The van der Waals surface area contributed by atoms with Crippen LogP contribution >= 0.6 is 0 Å². The van der Waals surface area contributed by atoms with Gasteiger partial charge in [0, 0.05) is 11.4 Å². The second kappa shape index (κ2) is 7.26. The van der Waals surface area contributed by atoms with Crippen LogP contribution in [0.5, 0.6) is 0 Å². The van der Waals surface area contributed by atoms with E-state index in [0.717, 1.165) is 11.4 Å². The average molecular weight is 298 g/mol. The molecule has 0 heterocycles. The Morgan fingerprint density at radius 1 is 1.05 bits per heavy atom. The van der Waals surface area contributed by atoms with Gasteiger partial charge in [-0.25, -0.2) is 0 Å². The summed E-state index contributed by atoms with van der Waals surface area (Å²) < 4.78 is 4.60. The van der Waals surface area contributed by atoms with Crippen LogP contribution in [0.15, 0.2) is 54.6 Å². The van der Waals surface area contributed by atoms with Gasteiger partial charge in [-0.15, -0.1) is 0 Å². The van der Waals surface area contributed by atoms with Crippen molar-refractivity contribution in [2.45, 2.75) is 12.3 Å². The third kappa shape index (κ3) is 4.09. The van der Waals surface area contributed by atoms with E-state index in [2.05, 4.69) is 10.1 Å². The highest BCUT2D eigenvalue weighted by Crippen LogP contribution is 2.23. The summed E-state index contributed by atoms with van der Waals surface area (Å²) in [5.41, 5.74) is 7.92. The average Bonchev–Trinajstić information content (AvgIpc) is 2.54. The zero-order chi connectivity index (χ0) is 15.9. The van der Waals surface area contributed by atoms with E-state index in [1.54, 1.807) is 12.1 Å². The van der Waals surface area contributed by atoms with Crippen molar-refractivity contribution < 1.29 is 14.3 Å². The van der Waals surface area contributed by atoms with Crippen molar-refractivity contribution in [1.29, 1.82) is 0 Å². The van der Waals surface area contributed by atoms with Crippen molar-refractivity contribution in [3.8, 4) is 0 Å². The summed E-state index contributed by atoms with van der Waals surface area (Å²) >= 11 is 0.